The van der Waals surface area contributed by atoms with Crippen LogP contribution in [0.3, 0.4) is 0 Å². The minimum absolute atomic E-state index is 0.259. The number of hydrogen-bond donors (Lipinski definition) is 0. The monoisotopic (exact) mass is 183 g/mol. The molecule has 0 saturated heterocycles. The maximum atomic E-state index is 13.0. The van der Waals surface area contributed by atoms with Gasteiger partial charge in [0.15, 0.2) is 0 Å². The molecule has 1 aromatic rings. The third kappa shape index (κ3) is 2.02. The molecule has 4 heteroatoms. The van der Waals surface area contributed by atoms with E-state index in [-0.39, 0.29) is 5.56 Å². The highest BCUT2D eigenvalue weighted by Crippen LogP contribution is 2.17. The number of aromatic nitrogens is 1. The van der Waals surface area contributed by atoms with Crippen LogP contribution < -0.4 is 0 Å². The van der Waals surface area contributed by atoms with Crippen molar-refractivity contribution in [3.63, 3.8) is 0 Å². The van der Waals surface area contributed by atoms with Gasteiger partial charge in [0.1, 0.15) is 0 Å². The van der Waals surface area contributed by atoms with E-state index in [1.165, 1.54) is 19.4 Å². The Morgan fingerprint density at radius 2 is 2.38 bits per heavy atom. The molecule has 0 spiro atoms. The molecule has 0 aliphatic rings. The molecule has 0 aromatic carbocycles. The van der Waals surface area contributed by atoms with Crippen LogP contribution in [0, 0.1) is 5.95 Å². The van der Waals surface area contributed by atoms with Crippen molar-refractivity contribution in [2.75, 3.05) is 7.11 Å². The number of rotatable bonds is 2. The third-order valence-electron chi connectivity index (χ3n) is 1.81. The third-order valence-corrected chi connectivity index (χ3v) is 1.81. The van der Waals surface area contributed by atoms with Gasteiger partial charge in [-0.05, 0) is 13.0 Å². The van der Waals surface area contributed by atoms with Crippen LogP contribution in [0.1, 0.15) is 18.4 Å². The van der Waals surface area contributed by atoms with E-state index < -0.39 is 17.8 Å². The molecular formula is C9H10FNO2. The van der Waals surface area contributed by atoms with Crippen LogP contribution in [-0.2, 0) is 9.53 Å². The Hall–Kier alpha value is -1.45. The number of carbonyl (C=O) groups excluding carboxylic acids is 1. The molecule has 1 heterocycles. The van der Waals surface area contributed by atoms with Gasteiger partial charge in [-0.25, -0.2) is 4.98 Å². The molecule has 0 N–H and O–H groups in total. The quantitative estimate of drug-likeness (QED) is 0.515. The number of hydrogen-bond acceptors (Lipinski definition) is 3. The van der Waals surface area contributed by atoms with E-state index in [2.05, 4.69) is 9.72 Å². The topological polar surface area (TPSA) is 39.2 Å². The molecule has 0 aliphatic heterocycles. The van der Waals surface area contributed by atoms with Crippen molar-refractivity contribution >= 4 is 5.97 Å². The fourth-order valence-corrected chi connectivity index (χ4v) is 1.03. The lowest BCUT2D eigenvalue weighted by molar-refractivity contribution is -0.142. The van der Waals surface area contributed by atoms with Crippen molar-refractivity contribution in [1.82, 2.24) is 4.98 Å². The molecule has 1 rings (SSSR count). The van der Waals surface area contributed by atoms with E-state index in [0.717, 1.165) is 0 Å². The zero-order valence-electron chi connectivity index (χ0n) is 7.45. The summed E-state index contributed by atoms with van der Waals surface area (Å²) in [6.45, 7) is 1.58. The fraction of sp³-hybridized carbons (Fsp3) is 0.333. The maximum Gasteiger partial charge on any atom is 0.313 e. The van der Waals surface area contributed by atoms with Crippen LogP contribution in [0.4, 0.5) is 4.39 Å². The van der Waals surface area contributed by atoms with Crippen molar-refractivity contribution in [2.24, 2.45) is 0 Å². The van der Waals surface area contributed by atoms with Gasteiger partial charge in [0.05, 0.1) is 13.0 Å². The summed E-state index contributed by atoms with van der Waals surface area (Å²) in [6, 6.07) is 3.10. The Labute approximate surface area is 75.6 Å². The molecule has 0 amide bonds. The van der Waals surface area contributed by atoms with Crippen LogP contribution in [0.15, 0.2) is 18.3 Å². The number of ether oxygens (including phenoxy) is 1. The van der Waals surface area contributed by atoms with Crippen LogP contribution in [0.5, 0.6) is 0 Å². The highest BCUT2D eigenvalue weighted by molar-refractivity contribution is 5.77. The number of methoxy groups -OCH3 is 1. The van der Waals surface area contributed by atoms with Gasteiger partial charge in [-0.2, -0.15) is 4.39 Å². The zero-order chi connectivity index (χ0) is 9.84. The lowest BCUT2D eigenvalue weighted by Crippen LogP contribution is -2.12. The Morgan fingerprint density at radius 1 is 1.69 bits per heavy atom. The molecule has 0 saturated carbocycles. The fourth-order valence-electron chi connectivity index (χ4n) is 1.03. The minimum Gasteiger partial charge on any atom is -0.469 e. The minimum atomic E-state index is -0.625. The van der Waals surface area contributed by atoms with E-state index >= 15 is 0 Å². The van der Waals surface area contributed by atoms with Crippen molar-refractivity contribution in [1.29, 1.82) is 0 Å². The van der Waals surface area contributed by atoms with Crippen molar-refractivity contribution < 1.29 is 13.9 Å². The van der Waals surface area contributed by atoms with Crippen LogP contribution in [-0.4, -0.2) is 18.1 Å². The van der Waals surface area contributed by atoms with Crippen LogP contribution in [0.2, 0.25) is 0 Å². The highest BCUT2D eigenvalue weighted by Gasteiger charge is 2.19. The van der Waals surface area contributed by atoms with E-state index in [1.54, 1.807) is 13.0 Å². The van der Waals surface area contributed by atoms with Crippen molar-refractivity contribution in [3.05, 3.63) is 29.8 Å². The molecule has 3 nitrogen and oxygen atoms in total. The summed E-state index contributed by atoms with van der Waals surface area (Å²) in [5.74, 6) is -1.70. The van der Waals surface area contributed by atoms with Gasteiger partial charge >= 0.3 is 5.97 Å². The summed E-state index contributed by atoms with van der Waals surface area (Å²) in [7, 11) is 1.27. The molecule has 1 aromatic heterocycles. The first-order chi connectivity index (χ1) is 6.16. The molecule has 1 atom stereocenters. The molecule has 0 radical (unpaired) electrons. The Morgan fingerprint density at radius 3 is 2.92 bits per heavy atom. The lowest BCUT2D eigenvalue weighted by atomic mass is 10.0. The number of esters is 1. The summed E-state index contributed by atoms with van der Waals surface area (Å²) in [5, 5.41) is 0. The average Bonchev–Trinajstić information content (AvgIpc) is 2.16. The van der Waals surface area contributed by atoms with Gasteiger partial charge in [0.25, 0.3) is 0 Å². The SMILES string of the molecule is COC(=O)C(C)c1cccnc1F. The van der Waals surface area contributed by atoms with Gasteiger partial charge in [-0.3, -0.25) is 4.79 Å². The largest absolute Gasteiger partial charge is 0.469 e. The first kappa shape index (κ1) is 9.64. The summed E-state index contributed by atoms with van der Waals surface area (Å²) in [6.07, 6.45) is 1.34. The Bertz CT molecular complexity index is 314. The maximum absolute atomic E-state index is 13.0. The molecule has 1 unspecified atom stereocenters. The number of halogens is 1. The number of nitrogens with zero attached hydrogens (tertiary/aromatic N) is 1. The second kappa shape index (κ2) is 3.98. The summed E-state index contributed by atoms with van der Waals surface area (Å²) in [4.78, 5) is 14.5. The van der Waals surface area contributed by atoms with Crippen molar-refractivity contribution in [2.45, 2.75) is 12.8 Å². The second-order valence-corrected chi connectivity index (χ2v) is 2.63. The van der Waals surface area contributed by atoms with Gasteiger partial charge in [0.2, 0.25) is 5.95 Å². The molecule has 0 aliphatic carbocycles. The van der Waals surface area contributed by atoms with Crippen molar-refractivity contribution in [3.8, 4) is 0 Å². The molecule has 0 bridgehead atoms. The van der Waals surface area contributed by atoms with Gasteiger partial charge in [0, 0.05) is 11.8 Å². The predicted octanol–water partition coefficient (Wildman–Crippen LogP) is 1.50. The van der Waals surface area contributed by atoms with E-state index in [4.69, 9.17) is 0 Å². The van der Waals surface area contributed by atoms with E-state index in [9.17, 15) is 9.18 Å². The highest BCUT2D eigenvalue weighted by atomic mass is 19.1. The zero-order valence-corrected chi connectivity index (χ0v) is 7.45. The second-order valence-electron chi connectivity index (χ2n) is 2.63. The first-order valence-electron chi connectivity index (χ1n) is 3.85. The van der Waals surface area contributed by atoms with E-state index in [1.807, 2.05) is 0 Å². The summed E-state index contributed by atoms with van der Waals surface area (Å²) in [5.41, 5.74) is 0.259. The molecule has 70 valence electrons. The smallest absolute Gasteiger partial charge is 0.313 e. The average molecular weight is 183 g/mol. The van der Waals surface area contributed by atoms with Crippen LogP contribution in [0.25, 0.3) is 0 Å². The number of pyridine rings is 1. The molecule has 13 heavy (non-hydrogen) atoms. The Kier molecular flexibility index (Phi) is 2.95. The van der Waals surface area contributed by atoms with Gasteiger partial charge in [-0.1, -0.05) is 6.07 Å². The predicted molar refractivity (Wildman–Crippen MR) is 44.6 cm³/mol. The standard InChI is InChI=1S/C9H10FNO2/c1-6(9(12)13-2)7-4-3-5-11-8(7)10/h3-6H,1-2H3. The Balaban J connectivity index is 2.95. The normalized spacial score (nSPS) is 12.2. The van der Waals surface area contributed by atoms with Gasteiger partial charge in [-0.15, -0.1) is 0 Å². The van der Waals surface area contributed by atoms with Gasteiger partial charge < -0.3 is 4.74 Å². The lowest BCUT2D eigenvalue weighted by Gasteiger charge is -2.08. The summed E-state index contributed by atoms with van der Waals surface area (Å²) >= 11 is 0. The van der Waals surface area contributed by atoms with E-state index in [0.29, 0.717) is 0 Å². The molecular weight excluding hydrogens is 173 g/mol. The molecule has 0 fully saturated rings. The van der Waals surface area contributed by atoms with Crippen LogP contribution >= 0.6 is 0 Å². The first-order valence-corrected chi connectivity index (χ1v) is 3.85. The number of carbonyl (C=O) groups is 1. The summed E-state index contributed by atoms with van der Waals surface area (Å²) < 4.78 is 17.5.